The summed E-state index contributed by atoms with van der Waals surface area (Å²) in [4.78, 5) is 42.9. The van der Waals surface area contributed by atoms with E-state index in [0.29, 0.717) is 50.8 Å². The number of carbonyl (C=O) groups excluding carboxylic acids is 3. The van der Waals surface area contributed by atoms with Gasteiger partial charge in [-0.15, -0.1) is 0 Å². The van der Waals surface area contributed by atoms with Gasteiger partial charge in [-0.05, 0) is 50.0 Å². The van der Waals surface area contributed by atoms with Crippen LogP contribution in [0.3, 0.4) is 0 Å². The van der Waals surface area contributed by atoms with E-state index in [1.807, 2.05) is 35.2 Å². The molecule has 1 aliphatic carbocycles. The number of nitrogens with zero attached hydrogens (tertiary/aromatic N) is 4. The number of aromatic nitrogens is 2. The third-order valence-corrected chi connectivity index (χ3v) is 6.85. The third kappa shape index (κ3) is 4.79. The predicted molar refractivity (Wildman–Crippen MR) is 122 cm³/mol. The molecule has 2 fully saturated rings. The van der Waals surface area contributed by atoms with Crippen LogP contribution in [0.1, 0.15) is 65.1 Å². The Kier molecular flexibility index (Phi) is 6.15. The normalized spacial score (nSPS) is 20.8. The summed E-state index contributed by atoms with van der Waals surface area (Å²) >= 11 is 0. The number of rotatable bonds is 6. The largest absolute Gasteiger partial charge is 0.354 e. The summed E-state index contributed by atoms with van der Waals surface area (Å²) in [6.07, 6.45) is 5.58. The molecule has 0 unspecified atom stereocenters. The van der Waals surface area contributed by atoms with E-state index in [1.54, 1.807) is 15.6 Å². The monoisotopic (exact) mass is 449 g/mol. The fourth-order valence-electron chi connectivity index (χ4n) is 4.77. The predicted octanol–water partition coefficient (Wildman–Crippen LogP) is 2.45. The maximum absolute atomic E-state index is 13.4. The highest BCUT2D eigenvalue weighted by molar-refractivity contribution is 5.99. The SMILES string of the molecule is O=C(NCC1CC1)[C@H]1CCCCN1C(=O)c1cc2n(n1)CCCN(Cc1ccccc1)C2=O. The fourth-order valence-corrected chi connectivity index (χ4v) is 4.77. The molecular formula is C25H31N5O3. The zero-order chi connectivity index (χ0) is 22.8. The molecule has 5 rings (SSSR count). The summed E-state index contributed by atoms with van der Waals surface area (Å²) in [7, 11) is 0. The summed E-state index contributed by atoms with van der Waals surface area (Å²) in [6, 6.07) is 11.1. The quantitative estimate of drug-likeness (QED) is 0.734. The van der Waals surface area contributed by atoms with Crippen LogP contribution in [0.4, 0.5) is 0 Å². The average Bonchev–Trinajstić information content (AvgIpc) is 3.61. The molecule has 1 saturated heterocycles. The van der Waals surface area contributed by atoms with Crippen molar-refractivity contribution in [3.63, 3.8) is 0 Å². The van der Waals surface area contributed by atoms with Crippen LogP contribution < -0.4 is 5.32 Å². The van der Waals surface area contributed by atoms with Gasteiger partial charge in [-0.2, -0.15) is 5.10 Å². The molecule has 2 aromatic rings. The number of nitrogens with one attached hydrogen (secondary N) is 1. The fraction of sp³-hybridized carbons (Fsp3) is 0.520. The maximum atomic E-state index is 13.4. The van der Waals surface area contributed by atoms with Crippen molar-refractivity contribution >= 4 is 17.7 Å². The van der Waals surface area contributed by atoms with Crippen molar-refractivity contribution in [3.05, 3.63) is 53.3 Å². The molecule has 1 aromatic carbocycles. The minimum atomic E-state index is -0.461. The van der Waals surface area contributed by atoms with Crippen LogP contribution in [0.2, 0.25) is 0 Å². The number of fused-ring (bicyclic) bond motifs is 1. The van der Waals surface area contributed by atoms with Crippen molar-refractivity contribution in [2.75, 3.05) is 19.6 Å². The Morgan fingerprint density at radius 3 is 2.61 bits per heavy atom. The lowest BCUT2D eigenvalue weighted by Gasteiger charge is -2.34. The summed E-state index contributed by atoms with van der Waals surface area (Å²) in [5, 5.41) is 7.53. The Balaban J connectivity index is 1.32. The van der Waals surface area contributed by atoms with Gasteiger partial charge in [-0.25, -0.2) is 0 Å². The first-order chi connectivity index (χ1) is 16.1. The van der Waals surface area contributed by atoms with E-state index in [2.05, 4.69) is 10.4 Å². The van der Waals surface area contributed by atoms with Crippen molar-refractivity contribution < 1.29 is 14.4 Å². The van der Waals surface area contributed by atoms with Crippen LogP contribution in [-0.2, 0) is 17.9 Å². The molecule has 1 saturated carbocycles. The average molecular weight is 450 g/mol. The molecule has 3 aliphatic rings. The Labute approximate surface area is 193 Å². The number of carbonyl (C=O) groups is 3. The molecule has 1 N–H and O–H groups in total. The number of benzene rings is 1. The van der Waals surface area contributed by atoms with Gasteiger partial charge in [0.05, 0.1) is 0 Å². The smallest absolute Gasteiger partial charge is 0.275 e. The van der Waals surface area contributed by atoms with E-state index < -0.39 is 6.04 Å². The van der Waals surface area contributed by atoms with E-state index in [9.17, 15) is 14.4 Å². The van der Waals surface area contributed by atoms with Gasteiger partial charge in [0.1, 0.15) is 11.7 Å². The summed E-state index contributed by atoms with van der Waals surface area (Å²) < 4.78 is 1.66. The number of aryl methyl sites for hydroxylation is 1. The van der Waals surface area contributed by atoms with Gasteiger partial charge in [0.2, 0.25) is 5.91 Å². The van der Waals surface area contributed by atoms with Gasteiger partial charge < -0.3 is 15.1 Å². The Morgan fingerprint density at radius 2 is 1.82 bits per heavy atom. The standard InChI is InChI=1S/C25H31N5O3/c31-23(26-16-18-10-11-18)21-9-4-5-13-29(21)24(32)20-15-22-25(33)28(12-6-14-30(22)27-20)17-19-7-2-1-3-8-19/h1-3,7-8,15,18,21H,4-6,9-14,16-17H2,(H,26,31)/t21-/m1/s1. The van der Waals surface area contributed by atoms with Crippen molar-refractivity contribution in [2.45, 2.75) is 57.7 Å². The molecule has 8 heteroatoms. The molecule has 0 radical (unpaired) electrons. The first-order valence-electron chi connectivity index (χ1n) is 12.1. The molecule has 8 nitrogen and oxygen atoms in total. The van der Waals surface area contributed by atoms with Crippen molar-refractivity contribution in [2.24, 2.45) is 5.92 Å². The van der Waals surface area contributed by atoms with Crippen molar-refractivity contribution in [1.82, 2.24) is 24.9 Å². The Morgan fingerprint density at radius 1 is 1.00 bits per heavy atom. The Hall–Kier alpha value is -3.16. The zero-order valence-corrected chi connectivity index (χ0v) is 18.9. The lowest BCUT2D eigenvalue weighted by atomic mass is 10.0. The number of likely N-dealkylation sites (tertiary alicyclic amines) is 1. The highest BCUT2D eigenvalue weighted by Gasteiger charge is 2.35. The molecule has 1 atom stereocenters. The van der Waals surface area contributed by atoms with Gasteiger partial charge in [0, 0.05) is 38.8 Å². The van der Waals surface area contributed by atoms with Gasteiger partial charge in [-0.1, -0.05) is 30.3 Å². The maximum Gasteiger partial charge on any atom is 0.275 e. The number of hydrogen-bond donors (Lipinski definition) is 1. The Bertz CT molecular complexity index is 1030. The van der Waals surface area contributed by atoms with Gasteiger partial charge in [0.15, 0.2) is 5.69 Å². The first kappa shape index (κ1) is 21.7. The van der Waals surface area contributed by atoms with E-state index in [0.717, 1.165) is 24.8 Å². The van der Waals surface area contributed by atoms with Crippen LogP contribution >= 0.6 is 0 Å². The van der Waals surface area contributed by atoms with Crippen molar-refractivity contribution in [1.29, 1.82) is 0 Å². The topological polar surface area (TPSA) is 87.5 Å². The molecule has 0 bridgehead atoms. The minimum Gasteiger partial charge on any atom is -0.354 e. The molecule has 0 spiro atoms. The number of amides is 3. The van der Waals surface area contributed by atoms with Gasteiger partial charge in [-0.3, -0.25) is 19.1 Å². The van der Waals surface area contributed by atoms with Crippen LogP contribution in [-0.4, -0.2) is 63.0 Å². The van der Waals surface area contributed by atoms with E-state index in [4.69, 9.17) is 0 Å². The van der Waals surface area contributed by atoms with Crippen molar-refractivity contribution in [3.8, 4) is 0 Å². The lowest BCUT2D eigenvalue weighted by Crippen LogP contribution is -2.52. The molecule has 3 heterocycles. The summed E-state index contributed by atoms with van der Waals surface area (Å²) in [5.74, 6) is 0.153. The highest BCUT2D eigenvalue weighted by atomic mass is 16.2. The molecule has 174 valence electrons. The molecule has 2 aliphatic heterocycles. The van der Waals surface area contributed by atoms with Crippen LogP contribution in [0.5, 0.6) is 0 Å². The van der Waals surface area contributed by atoms with Gasteiger partial charge in [0.25, 0.3) is 11.8 Å². The second-order valence-corrected chi connectivity index (χ2v) is 9.40. The molecular weight excluding hydrogens is 418 g/mol. The number of piperidine rings is 1. The first-order valence-corrected chi connectivity index (χ1v) is 12.1. The van der Waals surface area contributed by atoms with Gasteiger partial charge >= 0.3 is 0 Å². The third-order valence-electron chi connectivity index (χ3n) is 6.85. The zero-order valence-electron chi connectivity index (χ0n) is 18.9. The molecule has 1 aromatic heterocycles. The molecule has 33 heavy (non-hydrogen) atoms. The molecule has 3 amide bonds. The summed E-state index contributed by atoms with van der Waals surface area (Å²) in [6.45, 7) is 3.00. The second kappa shape index (κ2) is 9.37. The van der Waals surface area contributed by atoms with E-state index >= 15 is 0 Å². The summed E-state index contributed by atoms with van der Waals surface area (Å²) in [5.41, 5.74) is 1.77. The van der Waals surface area contributed by atoms with Crippen LogP contribution in [0, 0.1) is 5.92 Å². The lowest BCUT2D eigenvalue weighted by molar-refractivity contribution is -0.126. The highest BCUT2D eigenvalue weighted by Crippen LogP contribution is 2.28. The van der Waals surface area contributed by atoms with E-state index in [1.165, 1.54) is 12.8 Å². The van der Waals surface area contributed by atoms with Crippen LogP contribution in [0.15, 0.2) is 36.4 Å². The number of hydrogen-bond acceptors (Lipinski definition) is 4. The van der Waals surface area contributed by atoms with Crippen LogP contribution in [0.25, 0.3) is 0 Å². The second-order valence-electron chi connectivity index (χ2n) is 9.40. The minimum absolute atomic E-state index is 0.0687. The van der Waals surface area contributed by atoms with E-state index in [-0.39, 0.29) is 23.4 Å².